The molecule has 3 amide bonds. The lowest BCUT2D eigenvalue weighted by atomic mass is 9.87. The first kappa shape index (κ1) is 30.0. The Hall–Kier alpha value is -2.50. The summed E-state index contributed by atoms with van der Waals surface area (Å²) in [6.45, 7) is 3.72. The zero-order chi connectivity index (χ0) is 28.4. The number of aryl methyl sites for hydroxylation is 2. The Kier molecular flexibility index (Phi) is 8.95. The van der Waals surface area contributed by atoms with Crippen LogP contribution in [0.25, 0.3) is 0 Å². The molecule has 1 aliphatic carbocycles. The van der Waals surface area contributed by atoms with Crippen LogP contribution in [-0.2, 0) is 23.2 Å². The number of hydrogen-bond donors (Lipinski definition) is 2. The maximum absolute atomic E-state index is 13.5. The second-order valence-electron chi connectivity index (χ2n) is 10.1. The van der Waals surface area contributed by atoms with E-state index in [1.165, 1.54) is 4.90 Å². The van der Waals surface area contributed by atoms with Crippen molar-refractivity contribution in [2.45, 2.75) is 102 Å². The molecule has 0 radical (unpaired) electrons. The van der Waals surface area contributed by atoms with E-state index in [0.717, 1.165) is 25.0 Å². The minimum absolute atomic E-state index is 0.0877. The Morgan fingerprint density at radius 3 is 1.95 bits per heavy atom. The monoisotopic (exact) mass is 552 g/mol. The lowest BCUT2D eigenvalue weighted by Crippen LogP contribution is -2.54. The van der Waals surface area contributed by atoms with Gasteiger partial charge in [0.1, 0.15) is 11.3 Å². The summed E-state index contributed by atoms with van der Waals surface area (Å²) < 4.78 is 87.1. The molecule has 2 N–H and O–H groups in total. The van der Waals surface area contributed by atoms with E-state index in [-0.39, 0.29) is 48.8 Å². The molecule has 2 aliphatic rings. The Balaban J connectivity index is 1.76. The van der Waals surface area contributed by atoms with Gasteiger partial charge >= 0.3 is 18.4 Å². The summed E-state index contributed by atoms with van der Waals surface area (Å²) in [5.41, 5.74) is -6.79. The number of nitrogens with one attached hydrogen (secondary N) is 1. The summed E-state index contributed by atoms with van der Waals surface area (Å²) >= 11 is 0. The van der Waals surface area contributed by atoms with E-state index in [4.69, 9.17) is 4.74 Å². The zero-order valence-corrected chi connectivity index (χ0v) is 21.5. The molecular weight excluding hydrogens is 518 g/mol. The molecule has 0 unspecified atom stereocenters. The second-order valence-corrected chi connectivity index (χ2v) is 10.1. The number of ether oxygens (including phenoxy) is 1. The van der Waals surface area contributed by atoms with Gasteiger partial charge in [-0.1, -0.05) is 39.5 Å². The third-order valence-corrected chi connectivity index (χ3v) is 7.25. The molecule has 1 aliphatic heterocycles. The van der Waals surface area contributed by atoms with E-state index in [2.05, 4.69) is 5.32 Å². The molecule has 38 heavy (non-hydrogen) atoms. The van der Waals surface area contributed by atoms with Crippen LogP contribution in [-0.4, -0.2) is 53.0 Å². The Labute approximate surface area is 217 Å². The Morgan fingerprint density at radius 1 is 0.947 bits per heavy atom. The lowest BCUT2D eigenvalue weighted by Gasteiger charge is -2.33. The summed E-state index contributed by atoms with van der Waals surface area (Å²) in [6.07, 6.45) is -7.01. The van der Waals surface area contributed by atoms with Crippen LogP contribution in [0.15, 0.2) is 12.1 Å². The molecule has 1 saturated carbocycles. The van der Waals surface area contributed by atoms with E-state index in [1.807, 2.05) is 0 Å². The van der Waals surface area contributed by atoms with Gasteiger partial charge in [-0.05, 0) is 61.8 Å². The van der Waals surface area contributed by atoms with Crippen LogP contribution in [0.4, 0.5) is 31.1 Å². The highest BCUT2D eigenvalue weighted by atomic mass is 19.4. The molecule has 1 heterocycles. The standard InChI is InChI=1S/C26H34F6N2O4/c1-3-9-17-15-19(24(37,25(27,28)29)26(30,31)32)16-18(10-4-2)20(17)38-14-8-7-13-34-21(35)23(33-22(34)36)11-5-6-12-23/h15-16,37H,3-14H2,1-2H3,(H,33,36). The van der Waals surface area contributed by atoms with E-state index in [0.29, 0.717) is 38.5 Å². The lowest BCUT2D eigenvalue weighted by molar-refractivity contribution is -0.376. The first-order valence-electron chi connectivity index (χ1n) is 13.0. The molecule has 6 nitrogen and oxygen atoms in total. The van der Waals surface area contributed by atoms with Crippen molar-refractivity contribution in [1.82, 2.24) is 10.2 Å². The van der Waals surface area contributed by atoms with E-state index < -0.39 is 35.1 Å². The molecule has 2 fully saturated rings. The fourth-order valence-electron chi connectivity index (χ4n) is 5.29. The summed E-state index contributed by atoms with van der Waals surface area (Å²) in [6, 6.07) is 1.03. The van der Waals surface area contributed by atoms with Crippen molar-refractivity contribution in [2.24, 2.45) is 0 Å². The van der Waals surface area contributed by atoms with Crippen molar-refractivity contribution in [3.05, 3.63) is 28.8 Å². The number of unbranched alkanes of at least 4 members (excludes halogenated alkanes) is 1. The molecule has 0 aromatic heterocycles. The number of nitrogens with zero attached hydrogens (tertiary/aromatic N) is 1. The number of amides is 3. The van der Waals surface area contributed by atoms with Crippen molar-refractivity contribution in [3.63, 3.8) is 0 Å². The van der Waals surface area contributed by atoms with Gasteiger partial charge in [0.25, 0.3) is 11.5 Å². The first-order valence-corrected chi connectivity index (χ1v) is 13.0. The molecule has 1 spiro atoms. The van der Waals surface area contributed by atoms with Gasteiger partial charge in [-0.3, -0.25) is 9.69 Å². The smallest absolute Gasteiger partial charge is 0.430 e. The average molecular weight is 553 g/mol. The fourth-order valence-corrected chi connectivity index (χ4v) is 5.29. The number of hydrogen-bond acceptors (Lipinski definition) is 4. The Bertz CT molecular complexity index is 977. The van der Waals surface area contributed by atoms with Crippen LogP contribution < -0.4 is 10.1 Å². The molecule has 12 heteroatoms. The zero-order valence-electron chi connectivity index (χ0n) is 21.5. The SMILES string of the molecule is CCCc1cc(C(O)(C(F)(F)F)C(F)(F)F)cc(CCC)c1OCCCCN1C(=O)NC2(CCCC2)C1=O. The number of aliphatic hydroxyl groups is 1. The summed E-state index contributed by atoms with van der Waals surface area (Å²) in [7, 11) is 0. The van der Waals surface area contributed by atoms with E-state index in [9.17, 15) is 41.0 Å². The van der Waals surface area contributed by atoms with Crippen molar-refractivity contribution in [2.75, 3.05) is 13.2 Å². The second kappa shape index (κ2) is 11.3. The van der Waals surface area contributed by atoms with Crippen molar-refractivity contribution < 1.29 is 45.8 Å². The van der Waals surface area contributed by atoms with Crippen LogP contribution in [0.3, 0.4) is 0 Å². The molecule has 0 bridgehead atoms. The number of halogens is 6. The van der Waals surface area contributed by atoms with E-state index in [1.54, 1.807) is 13.8 Å². The number of benzene rings is 1. The van der Waals surface area contributed by atoms with Gasteiger partial charge < -0.3 is 15.2 Å². The quantitative estimate of drug-likeness (QED) is 0.203. The molecule has 1 saturated heterocycles. The highest BCUT2D eigenvalue weighted by Crippen LogP contribution is 2.51. The molecular formula is C26H34F6N2O4. The maximum atomic E-state index is 13.5. The summed E-state index contributed by atoms with van der Waals surface area (Å²) in [5.74, 6) is -0.0159. The van der Waals surface area contributed by atoms with Crippen LogP contribution in [0, 0.1) is 0 Å². The topological polar surface area (TPSA) is 78.9 Å². The molecule has 3 rings (SSSR count). The maximum Gasteiger partial charge on any atom is 0.430 e. The van der Waals surface area contributed by atoms with Gasteiger partial charge in [0, 0.05) is 12.1 Å². The van der Waals surface area contributed by atoms with Crippen LogP contribution in [0.2, 0.25) is 0 Å². The number of alkyl halides is 6. The largest absolute Gasteiger partial charge is 0.493 e. The summed E-state index contributed by atoms with van der Waals surface area (Å²) in [4.78, 5) is 26.2. The molecule has 1 aromatic carbocycles. The van der Waals surface area contributed by atoms with Gasteiger partial charge in [-0.15, -0.1) is 0 Å². The minimum atomic E-state index is -5.98. The number of carbonyl (C=O) groups excluding carboxylic acids is 2. The van der Waals surface area contributed by atoms with Crippen LogP contribution in [0.5, 0.6) is 5.75 Å². The van der Waals surface area contributed by atoms with Crippen molar-refractivity contribution >= 4 is 11.9 Å². The van der Waals surface area contributed by atoms with Crippen LogP contribution >= 0.6 is 0 Å². The highest BCUT2D eigenvalue weighted by molar-refractivity contribution is 6.07. The predicted octanol–water partition coefficient (Wildman–Crippen LogP) is 5.93. The Morgan fingerprint density at radius 2 is 1.47 bits per heavy atom. The average Bonchev–Trinajstić information content (AvgIpc) is 3.38. The van der Waals surface area contributed by atoms with Gasteiger partial charge in [-0.2, -0.15) is 26.3 Å². The highest BCUT2D eigenvalue weighted by Gasteiger charge is 2.71. The third kappa shape index (κ3) is 5.60. The normalized spacial score (nSPS) is 18.0. The molecule has 1 aromatic rings. The summed E-state index contributed by atoms with van der Waals surface area (Å²) in [5, 5.41) is 12.7. The van der Waals surface area contributed by atoms with Crippen LogP contribution in [0.1, 0.15) is 81.9 Å². The van der Waals surface area contributed by atoms with Gasteiger partial charge in [0.15, 0.2) is 0 Å². The third-order valence-electron chi connectivity index (χ3n) is 7.25. The number of imide groups is 1. The fraction of sp³-hybridized carbons (Fsp3) is 0.692. The van der Waals surface area contributed by atoms with Gasteiger partial charge in [-0.25, -0.2) is 4.79 Å². The predicted molar refractivity (Wildman–Crippen MR) is 127 cm³/mol. The number of rotatable bonds is 11. The van der Waals surface area contributed by atoms with E-state index >= 15 is 0 Å². The van der Waals surface area contributed by atoms with Crippen molar-refractivity contribution in [1.29, 1.82) is 0 Å². The minimum Gasteiger partial charge on any atom is -0.493 e. The number of carbonyl (C=O) groups is 2. The molecule has 214 valence electrons. The molecule has 0 atom stereocenters. The van der Waals surface area contributed by atoms with Crippen molar-refractivity contribution in [3.8, 4) is 5.75 Å². The first-order chi connectivity index (χ1) is 17.7. The van der Waals surface area contributed by atoms with Gasteiger partial charge in [0.2, 0.25) is 0 Å². The number of urea groups is 1. The van der Waals surface area contributed by atoms with Gasteiger partial charge in [0.05, 0.1) is 6.61 Å².